The van der Waals surface area contributed by atoms with Gasteiger partial charge in [0.15, 0.2) is 6.29 Å². The van der Waals surface area contributed by atoms with Crippen LogP contribution >= 0.6 is 0 Å². The molecule has 1 aromatic carbocycles. The lowest BCUT2D eigenvalue weighted by atomic mass is 10.1. The molecule has 4 heteroatoms. The number of hydroxylamine groups is 3. The second-order valence-corrected chi connectivity index (χ2v) is 4.27. The number of hydrogen-bond donors (Lipinski definition) is 0. The number of nitrogens with zero attached hydrogens (tertiary/aromatic N) is 1. The molecule has 1 aromatic rings. The Morgan fingerprint density at radius 3 is 2.37 bits per heavy atom. The highest BCUT2D eigenvalue weighted by atomic mass is 16.7. The molecule has 0 radical (unpaired) electrons. The molecule has 0 spiro atoms. The maximum Gasteiger partial charge on any atom is 0.381 e. The van der Waals surface area contributed by atoms with Crippen LogP contribution in [-0.4, -0.2) is 37.0 Å². The van der Waals surface area contributed by atoms with Crippen molar-refractivity contribution in [2.75, 3.05) is 20.2 Å². The number of quaternary nitrogens is 1. The molecule has 1 unspecified atom stereocenters. The van der Waals surface area contributed by atoms with Crippen molar-refractivity contribution in [3.63, 3.8) is 0 Å². The molecule has 1 atom stereocenters. The van der Waals surface area contributed by atoms with Crippen molar-refractivity contribution in [2.24, 2.45) is 0 Å². The number of likely N-dealkylation sites (N-methyl/N-ethyl adjacent to an activating group) is 1. The van der Waals surface area contributed by atoms with Gasteiger partial charge in [-0.2, -0.15) is 4.84 Å². The molecular formula is C15H20NO3+. The first kappa shape index (κ1) is 15.3. The normalized spacial score (nSPS) is 14.8. The average molecular weight is 262 g/mol. The Hall–Kier alpha value is -1.78. The van der Waals surface area contributed by atoms with Crippen molar-refractivity contribution >= 4 is 18.3 Å². The standard InChI is InChI=1S/C15H20NO3/c1-4-16(3,19-5-2)15(18)14(12-17)11-13-9-7-6-8-10-13/h6-12H,4-5H2,1-3H3/q+1. The smallest absolute Gasteiger partial charge is 0.297 e. The molecule has 102 valence electrons. The fourth-order valence-corrected chi connectivity index (χ4v) is 1.73. The first-order valence-corrected chi connectivity index (χ1v) is 6.34. The summed E-state index contributed by atoms with van der Waals surface area (Å²) in [6, 6.07) is 9.28. The van der Waals surface area contributed by atoms with Crippen molar-refractivity contribution in [1.29, 1.82) is 0 Å². The highest BCUT2D eigenvalue weighted by Gasteiger charge is 2.34. The maximum absolute atomic E-state index is 12.4. The Balaban J connectivity index is 3.06. The van der Waals surface area contributed by atoms with Crippen LogP contribution in [0.25, 0.3) is 6.08 Å². The molecule has 0 aliphatic rings. The Morgan fingerprint density at radius 1 is 1.26 bits per heavy atom. The third-order valence-corrected chi connectivity index (χ3v) is 2.94. The van der Waals surface area contributed by atoms with E-state index in [4.69, 9.17) is 4.84 Å². The van der Waals surface area contributed by atoms with E-state index in [1.165, 1.54) is 0 Å². The maximum atomic E-state index is 12.4. The second kappa shape index (κ2) is 6.97. The van der Waals surface area contributed by atoms with Gasteiger partial charge >= 0.3 is 5.91 Å². The Kier molecular flexibility index (Phi) is 5.60. The molecule has 1 rings (SSSR count). The van der Waals surface area contributed by atoms with Gasteiger partial charge in [-0.05, 0) is 25.5 Å². The highest BCUT2D eigenvalue weighted by molar-refractivity contribution is 6.11. The summed E-state index contributed by atoms with van der Waals surface area (Å²) in [6.07, 6.45) is 2.17. The Bertz CT molecular complexity index is 468. The molecule has 0 fully saturated rings. The fourth-order valence-electron chi connectivity index (χ4n) is 1.73. The second-order valence-electron chi connectivity index (χ2n) is 4.27. The third kappa shape index (κ3) is 3.84. The van der Waals surface area contributed by atoms with E-state index >= 15 is 0 Å². The lowest BCUT2D eigenvalue weighted by molar-refractivity contribution is -1.03. The SMILES string of the molecule is CCO[N+](C)(CC)C(=O)C(C=O)=Cc1ccccc1. The summed E-state index contributed by atoms with van der Waals surface area (Å²) in [7, 11) is 1.66. The number of rotatable bonds is 6. The van der Waals surface area contributed by atoms with Crippen LogP contribution in [0.3, 0.4) is 0 Å². The van der Waals surface area contributed by atoms with Crippen LogP contribution in [0, 0.1) is 0 Å². The quantitative estimate of drug-likeness (QED) is 0.197. The topological polar surface area (TPSA) is 43.4 Å². The molecule has 4 nitrogen and oxygen atoms in total. The van der Waals surface area contributed by atoms with Gasteiger partial charge in [-0.25, -0.2) is 4.79 Å². The third-order valence-electron chi connectivity index (χ3n) is 2.94. The molecule has 19 heavy (non-hydrogen) atoms. The van der Waals surface area contributed by atoms with Gasteiger partial charge in [0.2, 0.25) is 0 Å². The lowest BCUT2D eigenvalue weighted by Gasteiger charge is -2.26. The number of amides is 1. The summed E-state index contributed by atoms with van der Waals surface area (Å²) < 4.78 is -0.228. The molecule has 0 saturated heterocycles. The summed E-state index contributed by atoms with van der Waals surface area (Å²) >= 11 is 0. The van der Waals surface area contributed by atoms with Crippen LogP contribution in [0.2, 0.25) is 0 Å². The van der Waals surface area contributed by atoms with E-state index in [9.17, 15) is 9.59 Å². The number of carbonyl (C=O) groups excluding carboxylic acids is 2. The lowest BCUT2D eigenvalue weighted by Crippen LogP contribution is -2.49. The molecule has 0 saturated carbocycles. The summed E-state index contributed by atoms with van der Waals surface area (Å²) in [5.74, 6) is -0.330. The summed E-state index contributed by atoms with van der Waals surface area (Å²) in [5, 5.41) is 0. The molecule has 0 aliphatic carbocycles. The zero-order valence-electron chi connectivity index (χ0n) is 11.6. The van der Waals surface area contributed by atoms with Crippen molar-refractivity contribution in [1.82, 2.24) is 0 Å². The zero-order valence-corrected chi connectivity index (χ0v) is 11.6. The largest absolute Gasteiger partial charge is 0.381 e. The number of hydrogen-bond acceptors (Lipinski definition) is 3. The number of benzene rings is 1. The Labute approximate surface area is 113 Å². The average Bonchev–Trinajstić information content (AvgIpc) is 2.45. The fraction of sp³-hybridized carbons (Fsp3) is 0.333. The molecule has 0 bridgehead atoms. The minimum Gasteiger partial charge on any atom is -0.297 e. The van der Waals surface area contributed by atoms with Gasteiger partial charge in [-0.3, -0.25) is 4.79 Å². The highest BCUT2D eigenvalue weighted by Crippen LogP contribution is 2.13. The molecule has 0 N–H and O–H groups in total. The Morgan fingerprint density at radius 2 is 1.89 bits per heavy atom. The minimum atomic E-state index is -0.330. The van der Waals surface area contributed by atoms with Gasteiger partial charge < -0.3 is 0 Å². The van der Waals surface area contributed by atoms with E-state index in [-0.39, 0.29) is 16.1 Å². The first-order chi connectivity index (χ1) is 9.07. The van der Waals surface area contributed by atoms with E-state index in [1.807, 2.05) is 44.2 Å². The molecule has 0 aromatic heterocycles. The number of aldehydes is 1. The van der Waals surface area contributed by atoms with Crippen molar-refractivity contribution in [2.45, 2.75) is 13.8 Å². The van der Waals surface area contributed by atoms with Crippen LogP contribution in [-0.2, 0) is 14.4 Å². The summed E-state index contributed by atoms with van der Waals surface area (Å²) in [4.78, 5) is 29.0. The van der Waals surface area contributed by atoms with Crippen LogP contribution in [0.5, 0.6) is 0 Å². The van der Waals surface area contributed by atoms with Gasteiger partial charge in [0.25, 0.3) is 0 Å². The predicted octanol–water partition coefficient (Wildman–Crippen LogP) is 2.21. The monoisotopic (exact) mass is 262 g/mol. The van der Waals surface area contributed by atoms with E-state index in [1.54, 1.807) is 13.1 Å². The van der Waals surface area contributed by atoms with Crippen molar-refractivity contribution in [3.05, 3.63) is 41.5 Å². The van der Waals surface area contributed by atoms with Crippen LogP contribution in [0.15, 0.2) is 35.9 Å². The van der Waals surface area contributed by atoms with Gasteiger partial charge in [0.1, 0.15) is 25.8 Å². The van der Waals surface area contributed by atoms with E-state index in [0.717, 1.165) is 5.56 Å². The van der Waals surface area contributed by atoms with Gasteiger partial charge in [0.05, 0.1) is 0 Å². The van der Waals surface area contributed by atoms with Crippen LogP contribution < -0.4 is 0 Å². The minimum absolute atomic E-state index is 0.115. The van der Waals surface area contributed by atoms with Crippen molar-refractivity contribution < 1.29 is 19.1 Å². The van der Waals surface area contributed by atoms with E-state index in [0.29, 0.717) is 19.4 Å². The zero-order chi connectivity index (χ0) is 14.3. The molecule has 0 aliphatic heterocycles. The van der Waals surface area contributed by atoms with Crippen LogP contribution in [0.4, 0.5) is 0 Å². The summed E-state index contributed by atoms with van der Waals surface area (Å²) in [6.45, 7) is 4.54. The van der Waals surface area contributed by atoms with E-state index < -0.39 is 0 Å². The van der Waals surface area contributed by atoms with Gasteiger partial charge in [0, 0.05) is 0 Å². The predicted molar refractivity (Wildman–Crippen MR) is 73.8 cm³/mol. The number of carbonyl (C=O) groups is 2. The molecule has 1 amide bonds. The molecule has 0 heterocycles. The first-order valence-electron chi connectivity index (χ1n) is 6.34. The summed E-state index contributed by atoms with van der Waals surface area (Å²) in [5.41, 5.74) is 0.932. The van der Waals surface area contributed by atoms with Crippen molar-refractivity contribution in [3.8, 4) is 0 Å². The van der Waals surface area contributed by atoms with Gasteiger partial charge in [-0.1, -0.05) is 30.3 Å². The molecular weight excluding hydrogens is 242 g/mol. The van der Waals surface area contributed by atoms with Crippen LogP contribution in [0.1, 0.15) is 19.4 Å². The van der Waals surface area contributed by atoms with E-state index in [2.05, 4.69) is 0 Å². The van der Waals surface area contributed by atoms with Gasteiger partial charge in [-0.15, -0.1) is 4.65 Å².